The lowest BCUT2D eigenvalue weighted by molar-refractivity contribution is -0.940. The van der Waals surface area contributed by atoms with Gasteiger partial charge < -0.3 is 44.8 Å². The van der Waals surface area contributed by atoms with Crippen molar-refractivity contribution >= 4 is 41.1 Å². The first-order chi connectivity index (χ1) is 33.6. The van der Waals surface area contributed by atoms with Crippen molar-refractivity contribution in [3.8, 4) is 5.75 Å². The molecule has 3 aromatic rings. The number of hydrogen-bond donors (Lipinski definition) is 4. The summed E-state index contributed by atoms with van der Waals surface area (Å²) < 4.78 is 17.4. The van der Waals surface area contributed by atoms with Crippen molar-refractivity contribution in [3.63, 3.8) is 0 Å². The van der Waals surface area contributed by atoms with E-state index in [1.54, 1.807) is 40.7 Å². The van der Waals surface area contributed by atoms with Gasteiger partial charge in [-0.15, -0.1) is 0 Å². The highest BCUT2D eigenvalue weighted by Crippen LogP contribution is 2.30. The van der Waals surface area contributed by atoms with Crippen molar-refractivity contribution in [2.75, 3.05) is 46.6 Å². The van der Waals surface area contributed by atoms with E-state index in [-0.39, 0.29) is 55.9 Å². The van der Waals surface area contributed by atoms with Crippen molar-refractivity contribution in [3.05, 3.63) is 101 Å². The minimum atomic E-state index is -1.09. The molecule has 4 N–H and O–H groups in total. The van der Waals surface area contributed by atoms with Gasteiger partial charge in [0.2, 0.25) is 17.7 Å². The lowest BCUT2D eigenvalue weighted by atomic mass is 9.93. The van der Waals surface area contributed by atoms with Gasteiger partial charge in [-0.2, -0.15) is 0 Å². The van der Waals surface area contributed by atoms with Crippen LogP contribution in [0.4, 0.5) is 0 Å². The van der Waals surface area contributed by atoms with Crippen LogP contribution in [0.3, 0.4) is 0 Å². The fourth-order valence-corrected chi connectivity index (χ4v) is 8.65. The Kier molecular flexibility index (Phi) is 20.0. The van der Waals surface area contributed by atoms with Crippen LogP contribution in [0, 0.1) is 17.3 Å². The monoisotopic (exact) mass is 982 g/mol. The number of morpholine rings is 1. The number of oxime groups is 1. The Morgan fingerprint density at radius 1 is 0.732 bits per heavy atom. The van der Waals surface area contributed by atoms with Crippen LogP contribution >= 0.6 is 0 Å². The molecule has 2 aliphatic rings. The number of quaternary nitrogens is 1. The fraction of sp³-hybridized carbons (Fsp3) is 0.545. The highest BCUT2D eigenvalue weighted by atomic mass is 16.6. The Hall–Kier alpha value is -5.97. The maximum atomic E-state index is 14.6. The molecule has 1 unspecified atom stereocenters. The van der Waals surface area contributed by atoms with Crippen molar-refractivity contribution in [2.45, 2.75) is 131 Å². The third kappa shape index (κ3) is 17.1. The smallest absolute Gasteiger partial charge is 0.316 e. The number of benzene rings is 3. The Morgan fingerprint density at radius 2 is 1.28 bits per heavy atom. The molecule has 2 saturated heterocycles. The number of carbonyl (C=O) groups is 6. The average Bonchev–Trinajstić information content (AvgIpc) is 4.08. The average molecular weight is 982 g/mol. The molecule has 0 aromatic heterocycles. The molecule has 16 nitrogen and oxygen atoms in total. The number of esters is 1. The van der Waals surface area contributed by atoms with Gasteiger partial charge in [0.25, 0.3) is 5.91 Å². The van der Waals surface area contributed by atoms with Gasteiger partial charge in [0.05, 0.1) is 37.0 Å². The first-order valence-electron chi connectivity index (χ1n) is 24.9. The molecule has 5 rings (SSSR count). The largest absolute Gasteiger partial charge is 0.425 e. The van der Waals surface area contributed by atoms with E-state index in [0.717, 1.165) is 16.7 Å². The van der Waals surface area contributed by atoms with Crippen molar-refractivity contribution < 1.29 is 52.3 Å². The van der Waals surface area contributed by atoms with Gasteiger partial charge in [-0.05, 0) is 101 Å². The van der Waals surface area contributed by atoms with E-state index >= 15 is 0 Å². The number of Topliss-reactive ketones (excluding diaryl/α,β-unsaturated/α-hetero) is 1. The van der Waals surface area contributed by atoms with Crippen LogP contribution in [-0.2, 0) is 62.5 Å². The number of carbonyl (C=O) groups excluding carboxylic acids is 6. The Bertz CT molecular complexity index is 2320. The summed E-state index contributed by atoms with van der Waals surface area (Å²) in [7, 11) is 1.44. The van der Waals surface area contributed by atoms with Crippen molar-refractivity contribution in [1.82, 2.24) is 21.3 Å². The normalized spacial score (nSPS) is 18.3. The van der Waals surface area contributed by atoms with E-state index in [9.17, 15) is 28.8 Å². The van der Waals surface area contributed by atoms with E-state index in [1.165, 1.54) is 7.11 Å². The first-order valence-corrected chi connectivity index (χ1v) is 24.9. The van der Waals surface area contributed by atoms with Gasteiger partial charge in [-0.3, -0.25) is 28.8 Å². The Labute approximate surface area is 419 Å². The second-order valence-electron chi connectivity index (χ2n) is 21.2. The molecule has 5 atom stereocenters. The minimum Gasteiger partial charge on any atom is -0.425 e. The summed E-state index contributed by atoms with van der Waals surface area (Å²) in [5, 5.41) is 16.0. The van der Waals surface area contributed by atoms with Gasteiger partial charge >= 0.3 is 5.97 Å². The zero-order chi connectivity index (χ0) is 51.9. The maximum Gasteiger partial charge on any atom is 0.316 e. The molecular formula is C55H77N6O10+. The summed E-state index contributed by atoms with van der Waals surface area (Å²) in [6.07, 6.45) is 1.47. The van der Waals surface area contributed by atoms with Gasteiger partial charge in [0.1, 0.15) is 56.2 Å². The van der Waals surface area contributed by atoms with E-state index in [2.05, 4.69) is 26.4 Å². The molecule has 2 fully saturated rings. The molecule has 71 heavy (non-hydrogen) atoms. The van der Waals surface area contributed by atoms with E-state index in [0.29, 0.717) is 67.2 Å². The molecule has 16 heteroatoms. The van der Waals surface area contributed by atoms with Gasteiger partial charge in [0.15, 0.2) is 12.3 Å². The van der Waals surface area contributed by atoms with Crippen LogP contribution in [0.5, 0.6) is 5.75 Å². The van der Waals surface area contributed by atoms with Gasteiger partial charge in [-0.1, -0.05) is 93.5 Å². The van der Waals surface area contributed by atoms with Gasteiger partial charge in [-0.25, -0.2) is 0 Å². The highest BCUT2D eigenvalue weighted by Gasteiger charge is 2.50. The van der Waals surface area contributed by atoms with Crippen molar-refractivity contribution in [1.29, 1.82) is 0 Å². The van der Waals surface area contributed by atoms with Crippen LogP contribution in [0.2, 0.25) is 0 Å². The standard InChI is InChI=1S/C55H76N6O10/c1-36(2)29-44(49(63)55(9)35-70-55)57-52(66)46(32-40-19-15-12-16-20-40)59-51(65)45(30-37(3)4)58-50(64)43(23-21-39-17-13-11-14-18-39)56-48(62)34-61(25-27-69-28-26-61)33-41-22-24-47(71-53(67)54(6,7)8)42(31-41)38(5)60-68-10/h11-20,22,24,31,36-37,43-46H,21,23,25-30,32-35H2,1-10H3,(H3-,56,57,58,59,62,64,65,66)/p+1/b60-38+/t43-,44?,45-,46-,55+/m0/s1. The van der Waals surface area contributed by atoms with Gasteiger partial charge in [0, 0.05) is 17.5 Å². The second kappa shape index (κ2) is 25.4. The number of ketones is 1. The topological polar surface area (TPSA) is 203 Å². The number of rotatable bonds is 25. The molecule has 386 valence electrons. The molecule has 0 spiro atoms. The third-order valence-electron chi connectivity index (χ3n) is 12.8. The molecule has 0 aliphatic carbocycles. The zero-order valence-electron chi connectivity index (χ0n) is 43.4. The van der Waals surface area contributed by atoms with E-state index < -0.39 is 58.9 Å². The predicted octanol–water partition coefficient (Wildman–Crippen LogP) is 5.62. The summed E-state index contributed by atoms with van der Waals surface area (Å²) in [4.78, 5) is 89.3. The van der Waals surface area contributed by atoms with Crippen LogP contribution in [0.25, 0.3) is 0 Å². The zero-order valence-corrected chi connectivity index (χ0v) is 43.4. The summed E-state index contributed by atoms with van der Waals surface area (Å²) in [5.41, 5.74) is 2.00. The third-order valence-corrected chi connectivity index (χ3v) is 12.8. The molecule has 4 amide bonds. The van der Waals surface area contributed by atoms with Crippen LogP contribution in [0.15, 0.2) is 84.0 Å². The number of nitrogens with zero attached hydrogens (tertiary/aromatic N) is 2. The number of amides is 4. The van der Waals surface area contributed by atoms with E-state index in [1.807, 2.05) is 100 Å². The summed E-state index contributed by atoms with van der Waals surface area (Å²) in [6.45, 7) is 19.2. The first kappa shape index (κ1) is 56.0. The number of hydrogen-bond acceptors (Lipinski definition) is 11. The summed E-state index contributed by atoms with van der Waals surface area (Å²) in [5.74, 6) is -2.23. The molecule has 0 saturated carbocycles. The quantitative estimate of drug-likeness (QED) is 0.0206. The lowest BCUT2D eigenvalue weighted by Gasteiger charge is -2.41. The molecular weight excluding hydrogens is 905 g/mol. The van der Waals surface area contributed by atoms with Crippen LogP contribution in [0.1, 0.15) is 104 Å². The van der Waals surface area contributed by atoms with Crippen LogP contribution in [-0.4, -0.2) is 122 Å². The second-order valence-corrected chi connectivity index (χ2v) is 21.2. The van der Waals surface area contributed by atoms with Crippen molar-refractivity contribution in [2.24, 2.45) is 22.4 Å². The number of ether oxygens (including phenoxy) is 3. The molecule has 0 radical (unpaired) electrons. The predicted molar refractivity (Wildman–Crippen MR) is 271 cm³/mol. The number of aryl methyl sites for hydroxylation is 1. The summed E-state index contributed by atoms with van der Waals surface area (Å²) in [6, 6.07) is 20.4. The number of nitrogens with one attached hydrogen (secondary N) is 4. The molecule has 2 heterocycles. The SMILES string of the molecule is CO/N=C(\C)c1cc(C[N+]2(CC(=O)N[C@@H](CCc3ccccc3)C(=O)N[C@@H](CC(C)C)C(=O)N[C@@H](Cc3ccccc3)C(=O)NC(CC(C)C)C(=O)[C@@]3(C)CO3)CCOCC2)ccc1OC(=O)C(C)(C)C. The lowest BCUT2D eigenvalue weighted by Crippen LogP contribution is -2.61. The highest BCUT2D eigenvalue weighted by molar-refractivity contribution is 6.02. The Balaban J connectivity index is 1.38. The Morgan fingerprint density at radius 3 is 1.86 bits per heavy atom. The molecule has 2 aliphatic heterocycles. The maximum absolute atomic E-state index is 14.6. The van der Waals surface area contributed by atoms with Crippen LogP contribution < -0.4 is 26.0 Å². The molecule has 3 aromatic carbocycles. The summed E-state index contributed by atoms with van der Waals surface area (Å²) >= 11 is 0. The number of epoxide rings is 1. The minimum absolute atomic E-state index is 0.0253. The fourth-order valence-electron chi connectivity index (χ4n) is 8.65. The van der Waals surface area contributed by atoms with E-state index in [4.69, 9.17) is 19.0 Å². The molecule has 0 bridgehead atoms.